The first kappa shape index (κ1) is 13.3. The Kier molecular flexibility index (Phi) is 3.82. The molecule has 1 aromatic rings. The van der Waals surface area contributed by atoms with E-state index >= 15 is 0 Å². The molecule has 1 amide bonds. The van der Waals surface area contributed by atoms with E-state index in [0.717, 1.165) is 12.8 Å². The van der Waals surface area contributed by atoms with E-state index in [-0.39, 0.29) is 11.9 Å². The summed E-state index contributed by atoms with van der Waals surface area (Å²) in [6, 6.07) is -0.247. The van der Waals surface area contributed by atoms with E-state index in [1.165, 1.54) is 0 Å². The van der Waals surface area contributed by atoms with Crippen molar-refractivity contribution >= 4 is 5.91 Å². The Morgan fingerprint density at radius 1 is 1.55 bits per heavy atom. The fourth-order valence-electron chi connectivity index (χ4n) is 2.76. The Morgan fingerprint density at radius 3 is 3.15 bits per heavy atom. The highest BCUT2D eigenvalue weighted by atomic mass is 16.5. The zero-order chi connectivity index (χ0) is 13.9. The molecule has 6 nitrogen and oxygen atoms in total. The van der Waals surface area contributed by atoms with Crippen LogP contribution < -0.4 is 0 Å². The van der Waals surface area contributed by atoms with Gasteiger partial charge in [0.25, 0.3) is 5.89 Å². The second-order valence-electron chi connectivity index (χ2n) is 5.33. The Bertz CT molecular complexity index is 512. The molecule has 0 spiro atoms. The first-order valence-corrected chi connectivity index (χ1v) is 7.08. The lowest BCUT2D eigenvalue weighted by atomic mass is 10.0. The van der Waals surface area contributed by atoms with E-state index in [1.54, 1.807) is 6.92 Å². The summed E-state index contributed by atoms with van der Waals surface area (Å²) in [6.07, 6.45) is 6.99. The SMILES string of the molecule is Cc1noc([C@H]2COCCN2C(=O)C[C@@H]2C=CCC2)n1. The molecule has 2 aliphatic rings. The lowest BCUT2D eigenvalue weighted by Gasteiger charge is -2.33. The van der Waals surface area contributed by atoms with Crippen molar-refractivity contribution in [1.82, 2.24) is 15.0 Å². The van der Waals surface area contributed by atoms with Crippen LogP contribution in [0.15, 0.2) is 16.7 Å². The van der Waals surface area contributed by atoms with Gasteiger partial charge in [-0.3, -0.25) is 4.79 Å². The number of aryl methyl sites for hydroxylation is 1. The molecule has 3 rings (SSSR count). The summed E-state index contributed by atoms with van der Waals surface area (Å²) in [5, 5.41) is 3.80. The lowest BCUT2D eigenvalue weighted by Crippen LogP contribution is -2.44. The van der Waals surface area contributed by atoms with Gasteiger partial charge in [-0.1, -0.05) is 17.3 Å². The van der Waals surface area contributed by atoms with Crippen LogP contribution in [0.3, 0.4) is 0 Å². The topological polar surface area (TPSA) is 68.5 Å². The summed E-state index contributed by atoms with van der Waals surface area (Å²) in [7, 11) is 0. The molecule has 20 heavy (non-hydrogen) atoms. The van der Waals surface area contributed by atoms with Gasteiger partial charge in [0, 0.05) is 13.0 Å². The first-order valence-electron chi connectivity index (χ1n) is 7.08. The Hall–Kier alpha value is -1.69. The summed E-state index contributed by atoms with van der Waals surface area (Å²) < 4.78 is 10.7. The number of carbonyl (C=O) groups excluding carboxylic acids is 1. The van der Waals surface area contributed by atoms with Gasteiger partial charge < -0.3 is 14.2 Å². The highest BCUT2D eigenvalue weighted by molar-refractivity contribution is 5.77. The molecule has 1 aliphatic heterocycles. The Balaban J connectivity index is 1.71. The van der Waals surface area contributed by atoms with Gasteiger partial charge in [-0.15, -0.1) is 0 Å². The standard InChI is InChI=1S/C14H19N3O3/c1-10-15-14(20-16-10)12-9-19-7-6-17(12)13(18)8-11-4-2-3-5-11/h2,4,11-12H,3,5-9H2,1H3/t11-,12-/m1/s1. The molecule has 1 fully saturated rings. The number of rotatable bonds is 3. The van der Waals surface area contributed by atoms with Gasteiger partial charge in [-0.2, -0.15) is 4.98 Å². The third-order valence-corrected chi connectivity index (χ3v) is 3.83. The number of hydrogen-bond donors (Lipinski definition) is 0. The van der Waals surface area contributed by atoms with Crippen LogP contribution in [-0.2, 0) is 9.53 Å². The molecule has 6 heteroatoms. The van der Waals surface area contributed by atoms with Crippen molar-refractivity contribution in [1.29, 1.82) is 0 Å². The highest BCUT2D eigenvalue weighted by Crippen LogP contribution is 2.27. The largest absolute Gasteiger partial charge is 0.377 e. The maximum atomic E-state index is 12.5. The summed E-state index contributed by atoms with van der Waals surface area (Å²) in [5.41, 5.74) is 0. The van der Waals surface area contributed by atoms with Crippen molar-refractivity contribution in [3.63, 3.8) is 0 Å². The smallest absolute Gasteiger partial charge is 0.251 e. The van der Waals surface area contributed by atoms with Gasteiger partial charge in [0.05, 0.1) is 13.2 Å². The first-order chi connectivity index (χ1) is 9.74. The molecule has 0 radical (unpaired) electrons. The molecular weight excluding hydrogens is 258 g/mol. The fraction of sp³-hybridized carbons (Fsp3) is 0.643. The number of amides is 1. The second kappa shape index (κ2) is 5.75. The summed E-state index contributed by atoms with van der Waals surface area (Å²) in [4.78, 5) is 18.5. The summed E-state index contributed by atoms with van der Waals surface area (Å²) >= 11 is 0. The molecule has 2 atom stereocenters. The van der Waals surface area contributed by atoms with Crippen LogP contribution in [0.2, 0.25) is 0 Å². The van der Waals surface area contributed by atoms with Crippen molar-refractivity contribution in [2.45, 2.75) is 32.2 Å². The third kappa shape index (κ3) is 2.75. The number of morpholine rings is 1. The van der Waals surface area contributed by atoms with Crippen LogP contribution in [0.4, 0.5) is 0 Å². The summed E-state index contributed by atoms with van der Waals surface area (Å²) in [6.45, 7) is 3.34. The van der Waals surface area contributed by atoms with Crippen LogP contribution in [0.1, 0.15) is 37.0 Å². The van der Waals surface area contributed by atoms with Gasteiger partial charge in [-0.05, 0) is 25.7 Å². The molecule has 108 valence electrons. The zero-order valence-electron chi connectivity index (χ0n) is 11.6. The van der Waals surface area contributed by atoms with Crippen LogP contribution in [0.5, 0.6) is 0 Å². The number of allylic oxidation sites excluding steroid dienone is 2. The van der Waals surface area contributed by atoms with Gasteiger partial charge in [0.15, 0.2) is 5.82 Å². The van der Waals surface area contributed by atoms with E-state index in [9.17, 15) is 4.79 Å². The zero-order valence-corrected chi connectivity index (χ0v) is 11.6. The monoisotopic (exact) mass is 277 g/mol. The number of hydrogen-bond acceptors (Lipinski definition) is 5. The van der Waals surface area contributed by atoms with E-state index in [1.807, 2.05) is 4.90 Å². The van der Waals surface area contributed by atoms with Crippen molar-refractivity contribution in [3.8, 4) is 0 Å². The van der Waals surface area contributed by atoms with Gasteiger partial charge in [-0.25, -0.2) is 0 Å². The van der Waals surface area contributed by atoms with Crippen LogP contribution in [0.25, 0.3) is 0 Å². The molecule has 1 saturated heterocycles. The van der Waals surface area contributed by atoms with Crippen molar-refractivity contribution in [2.24, 2.45) is 5.92 Å². The fourth-order valence-corrected chi connectivity index (χ4v) is 2.76. The van der Waals surface area contributed by atoms with E-state index < -0.39 is 0 Å². The molecule has 1 aromatic heterocycles. The molecule has 0 bridgehead atoms. The number of aromatic nitrogens is 2. The highest BCUT2D eigenvalue weighted by Gasteiger charge is 2.33. The van der Waals surface area contributed by atoms with Crippen LogP contribution in [-0.4, -0.2) is 40.7 Å². The molecule has 0 N–H and O–H groups in total. The Morgan fingerprint density at radius 2 is 2.45 bits per heavy atom. The normalized spacial score (nSPS) is 26.1. The average Bonchev–Trinajstić information content (AvgIpc) is 3.10. The minimum Gasteiger partial charge on any atom is -0.377 e. The van der Waals surface area contributed by atoms with E-state index in [4.69, 9.17) is 9.26 Å². The van der Waals surface area contributed by atoms with Gasteiger partial charge in [0.1, 0.15) is 6.04 Å². The van der Waals surface area contributed by atoms with Crippen LogP contribution >= 0.6 is 0 Å². The van der Waals surface area contributed by atoms with Crippen LogP contribution in [0, 0.1) is 12.8 Å². The Labute approximate surface area is 117 Å². The molecule has 1 aliphatic carbocycles. The minimum absolute atomic E-state index is 0.144. The quantitative estimate of drug-likeness (QED) is 0.785. The average molecular weight is 277 g/mol. The van der Waals surface area contributed by atoms with E-state index in [0.29, 0.717) is 43.8 Å². The maximum Gasteiger partial charge on any atom is 0.251 e. The number of nitrogens with zero attached hydrogens (tertiary/aromatic N) is 3. The van der Waals surface area contributed by atoms with Gasteiger partial charge >= 0.3 is 0 Å². The molecule has 0 aromatic carbocycles. The summed E-state index contributed by atoms with van der Waals surface area (Å²) in [5.74, 6) is 1.57. The number of ether oxygens (including phenoxy) is 1. The predicted molar refractivity (Wildman–Crippen MR) is 70.8 cm³/mol. The molecule has 2 heterocycles. The van der Waals surface area contributed by atoms with Gasteiger partial charge in [0.2, 0.25) is 5.91 Å². The predicted octanol–water partition coefficient (Wildman–Crippen LogP) is 1.63. The molecule has 0 unspecified atom stereocenters. The van der Waals surface area contributed by atoms with Crippen molar-refractivity contribution in [2.75, 3.05) is 19.8 Å². The van der Waals surface area contributed by atoms with Crippen molar-refractivity contribution < 1.29 is 14.1 Å². The number of carbonyl (C=O) groups is 1. The van der Waals surface area contributed by atoms with Crippen molar-refractivity contribution in [3.05, 3.63) is 23.9 Å². The minimum atomic E-state index is -0.247. The molecule has 0 saturated carbocycles. The lowest BCUT2D eigenvalue weighted by molar-refractivity contribution is -0.142. The maximum absolute atomic E-state index is 12.5. The third-order valence-electron chi connectivity index (χ3n) is 3.83. The van der Waals surface area contributed by atoms with E-state index in [2.05, 4.69) is 22.3 Å². The second-order valence-corrected chi connectivity index (χ2v) is 5.33. The molecular formula is C14H19N3O3.